The van der Waals surface area contributed by atoms with Gasteiger partial charge in [0.05, 0.1) is 11.2 Å². The number of phenols is 1. The lowest BCUT2D eigenvalue weighted by Crippen LogP contribution is -2.37. The third-order valence-electron chi connectivity index (χ3n) is 6.31. The average Bonchev–Trinajstić information content (AvgIpc) is 3.01. The van der Waals surface area contributed by atoms with Gasteiger partial charge in [0, 0.05) is 42.2 Å². The van der Waals surface area contributed by atoms with Gasteiger partial charge in [-0.1, -0.05) is 6.07 Å². The second-order valence-electron chi connectivity index (χ2n) is 9.88. The van der Waals surface area contributed by atoms with Crippen LogP contribution in [0.5, 0.6) is 5.75 Å². The minimum atomic E-state index is -0.479. The van der Waals surface area contributed by atoms with Gasteiger partial charge < -0.3 is 19.3 Å². The number of hydrogen-bond acceptors (Lipinski definition) is 5. The van der Waals surface area contributed by atoms with E-state index in [0.29, 0.717) is 42.2 Å². The van der Waals surface area contributed by atoms with Crippen LogP contribution >= 0.6 is 0 Å². The first kappa shape index (κ1) is 19.8. The Labute approximate surface area is 181 Å². The Kier molecular flexibility index (Phi) is 4.29. The molecule has 1 aliphatic heterocycles. The fourth-order valence-electron chi connectivity index (χ4n) is 4.88. The molecule has 2 fully saturated rings. The maximum Gasteiger partial charge on any atom is 0.410 e. The topological polar surface area (TPSA) is 80.5 Å². The maximum absolute atomic E-state index is 12.4. The van der Waals surface area contributed by atoms with Gasteiger partial charge >= 0.3 is 6.09 Å². The number of aromatic hydroxyl groups is 1. The van der Waals surface area contributed by atoms with Gasteiger partial charge in [0.15, 0.2) is 0 Å². The number of amides is 1. The molecular weight excluding hydrogens is 392 g/mol. The van der Waals surface area contributed by atoms with Crippen LogP contribution in [0, 0.1) is 25.7 Å². The van der Waals surface area contributed by atoms with Gasteiger partial charge in [-0.15, -0.1) is 10.2 Å². The van der Waals surface area contributed by atoms with Crippen molar-refractivity contribution in [3.63, 3.8) is 0 Å². The number of carbonyl (C=O) groups is 1. The van der Waals surface area contributed by atoms with Crippen LogP contribution in [0.15, 0.2) is 30.3 Å². The van der Waals surface area contributed by atoms with E-state index >= 15 is 0 Å². The first-order chi connectivity index (χ1) is 14.6. The molecule has 1 saturated heterocycles. The van der Waals surface area contributed by atoms with Crippen LogP contribution < -0.4 is 0 Å². The van der Waals surface area contributed by atoms with Crippen LogP contribution in [0.2, 0.25) is 0 Å². The van der Waals surface area contributed by atoms with Gasteiger partial charge in [-0.2, -0.15) is 0 Å². The van der Waals surface area contributed by atoms with Gasteiger partial charge in [0.1, 0.15) is 16.9 Å². The highest BCUT2D eigenvalue weighted by Gasteiger charge is 2.58. The van der Waals surface area contributed by atoms with Crippen LogP contribution in [-0.2, 0) is 4.74 Å². The van der Waals surface area contributed by atoms with Crippen LogP contribution in [-0.4, -0.2) is 49.6 Å². The summed E-state index contributed by atoms with van der Waals surface area (Å²) in [5.41, 5.74) is 4.86. The molecular formula is C24H28N4O3. The number of aryl methyl sites for hydroxylation is 2. The molecule has 7 nitrogen and oxygen atoms in total. The second-order valence-corrected chi connectivity index (χ2v) is 9.88. The summed E-state index contributed by atoms with van der Waals surface area (Å²) >= 11 is 0. The summed E-state index contributed by atoms with van der Waals surface area (Å²) in [5, 5.41) is 19.2. The molecule has 3 atom stereocenters. The van der Waals surface area contributed by atoms with Gasteiger partial charge in [-0.3, -0.25) is 0 Å². The fraction of sp³-hybridized carbons (Fsp3) is 0.458. The number of piperidine rings is 1. The predicted molar refractivity (Wildman–Crippen MR) is 118 cm³/mol. The minimum absolute atomic E-state index is 0.208. The van der Waals surface area contributed by atoms with Gasteiger partial charge in [-0.25, -0.2) is 4.79 Å². The van der Waals surface area contributed by atoms with Crippen LogP contribution in [0.1, 0.15) is 38.1 Å². The molecule has 1 aliphatic carbocycles. The number of fused-ring (bicyclic) bond motifs is 2. The predicted octanol–water partition coefficient (Wildman–Crippen LogP) is 4.46. The number of ether oxygens (including phenoxy) is 1. The van der Waals surface area contributed by atoms with Crippen molar-refractivity contribution in [3.8, 4) is 17.0 Å². The molecule has 5 rings (SSSR count). The molecule has 1 aromatic carbocycles. The van der Waals surface area contributed by atoms with Crippen molar-refractivity contribution in [2.45, 2.75) is 46.3 Å². The quantitative estimate of drug-likeness (QED) is 0.662. The third-order valence-corrected chi connectivity index (χ3v) is 6.31. The highest BCUT2D eigenvalue weighted by atomic mass is 16.6. The average molecular weight is 421 g/mol. The summed E-state index contributed by atoms with van der Waals surface area (Å²) in [5.74, 6) is 1.05. The van der Waals surface area contributed by atoms with E-state index in [9.17, 15) is 9.90 Å². The van der Waals surface area contributed by atoms with E-state index in [1.807, 2.05) is 50.8 Å². The normalized spacial score (nSPS) is 22.6. The van der Waals surface area contributed by atoms with Crippen molar-refractivity contribution < 1.29 is 14.6 Å². The molecule has 2 aliphatic rings. The molecule has 1 N–H and O–H groups in total. The zero-order valence-corrected chi connectivity index (χ0v) is 18.6. The Hall–Kier alpha value is -3.09. The second kappa shape index (κ2) is 6.70. The van der Waals surface area contributed by atoms with Gasteiger partial charge in [0.2, 0.25) is 0 Å². The molecule has 0 radical (unpaired) electrons. The van der Waals surface area contributed by atoms with E-state index < -0.39 is 5.60 Å². The first-order valence-corrected chi connectivity index (χ1v) is 10.8. The summed E-state index contributed by atoms with van der Waals surface area (Å²) in [6.07, 6.45) is -0.226. The summed E-state index contributed by atoms with van der Waals surface area (Å²) in [7, 11) is 0. The smallest absolute Gasteiger partial charge is 0.410 e. The van der Waals surface area contributed by atoms with Gasteiger partial charge in [0.25, 0.3) is 0 Å². The summed E-state index contributed by atoms with van der Waals surface area (Å²) in [6, 6.07) is 10.00. The number of phenolic OH excluding ortho intramolecular Hbond substituents is 1. The molecule has 31 heavy (non-hydrogen) atoms. The number of rotatable bonds is 2. The Balaban J connectivity index is 1.42. The Morgan fingerprint density at radius 3 is 2.45 bits per heavy atom. The van der Waals surface area contributed by atoms with Crippen molar-refractivity contribution in [1.82, 2.24) is 19.7 Å². The van der Waals surface area contributed by atoms with Crippen LogP contribution in [0.25, 0.3) is 22.3 Å². The van der Waals surface area contributed by atoms with Gasteiger partial charge in [-0.05, 0) is 64.4 Å². The lowest BCUT2D eigenvalue weighted by molar-refractivity contribution is 0.0267. The van der Waals surface area contributed by atoms with Crippen molar-refractivity contribution in [2.24, 2.45) is 11.8 Å². The molecule has 3 aromatic rings. The Bertz CT molecular complexity index is 1180. The standard InChI is InChI=1S/C24H28N4O3/c1-13-6-7-15(21(29)8-13)18-10-20-19(26-25-18)9-14(2)28(20)22-16-11-27(12-17(16)22)23(30)31-24(3,4)5/h6-10,16-17,22,29H,11-12H2,1-5H3/t16-,17+,22?. The van der Waals surface area contributed by atoms with E-state index in [1.54, 1.807) is 6.07 Å². The van der Waals surface area contributed by atoms with E-state index in [-0.39, 0.29) is 11.8 Å². The molecule has 7 heteroatoms. The largest absolute Gasteiger partial charge is 0.507 e. The van der Waals surface area contributed by atoms with E-state index in [2.05, 4.69) is 27.8 Å². The number of carbonyl (C=O) groups excluding carboxylic acids is 1. The number of aromatic nitrogens is 3. The van der Waals surface area contributed by atoms with Crippen LogP contribution in [0.3, 0.4) is 0 Å². The highest BCUT2D eigenvalue weighted by Crippen LogP contribution is 2.56. The number of nitrogens with zero attached hydrogens (tertiary/aromatic N) is 4. The van der Waals surface area contributed by atoms with E-state index in [4.69, 9.17) is 4.74 Å². The fourth-order valence-corrected chi connectivity index (χ4v) is 4.88. The van der Waals surface area contributed by atoms with Crippen LogP contribution in [0.4, 0.5) is 4.79 Å². The Morgan fingerprint density at radius 1 is 1.10 bits per heavy atom. The zero-order chi connectivity index (χ0) is 22.1. The molecule has 162 valence electrons. The molecule has 3 heterocycles. The Morgan fingerprint density at radius 2 is 1.81 bits per heavy atom. The lowest BCUT2D eigenvalue weighted by Gasteiger charge is -2.26. The highest BCUT2D eigenvalue weighted by molar-refractivity contribution is 5.82. The van der Waals surface area contributed by atoms with Crippen molar-refractivity contribution in [1.29, 1.82) is 0 Å². The first-order valence-electron chi connectivity index (χ1n) is 10.8. The summed E-state index contributed by atoms with van der Waals surface area (Å²) in [6.45, 7) is 11.1. The summed E-state index contributed by atoms with van der Waals surface area (Å²) < 4.78 is 7.87. The SMILES string of the molecule is Cc1ccc(-c2cc3c(cc(C)n3C3[C@H]4CN(C(=O)OC(C)(C)C)C[C@@H]34)nn2)c(O)c1. The minimum Gasteiger partial charge on any atom is -0.507 e. The monoisotopic (exact) mass is 420 g/mol. The zero-order valence-electron chi connectivity index (χ0n) is 18.6. The molecule has 1 amide bonds. The van der Waals surface area contributed by atoms with Crippen molar-refractivity contribution >= 4 is 17.1 Å². The lowest BCUT2D eigenvalue weighted by atomic mass is 10.1. The number of hydrogen-bond donors (Lipinski definition) is 1. The van der Waals surface area contributed by atoms with Crippen molar-refractivity contribution in [2.75, 3.05) is 13.1 Å². The van der Waals surface area contributed by atoms with E-state index in [1.165, 1.54) is 0 Å². The third kappa shape index (κ3) is 3.42. The molecule has 2 aromatic heterocycles. The molecule has 0 bridgehead atoms. The number of benzene rings is 1. The molecule has 1 saturated carbocycles. The summed E-state index contributed by atoms with van der Waals surface area (Å²) in [4.78, 5) is 14.2. The molecule has 1 unspecified atom stereocenters. The number of likely N-dealkylation sites (tertiary alicyclic amines) is 1. The van der Waals surface area contributed by atoms with E-state index in [0.717, 1.165) is 22.3 Å². The maximum atomic E-state index is 12.4. The molecule has 0 spiro atoms. The van der Waals surface area contributed by atoms with Crippen molar-refractivity contribution in [3.05, 3.63) is 41.6 Å².